The molecule has 1 aromatic carbocycles. The summed E-state index contributed by atoms with van der Waals surface area (Å²) in [5, 5.41) is 4.57. The van der Waals surface area contributed by atoms with Crippen LogP contribution in [0.5, 0.6) is 0 Å². The van der Waals surface area contributed by atoms with Gasteiger partial charge in [-0.3, -0.25) is 9.97 Å². The zero-order chi connectivity index (χ0) is 24.2. The topological polar surface area (TPSA) is 111 Å². The van der Waals surface area contributed by atoms with Gasteiger partial charge in [0, 0.05) is 46.6 Å². The SMILES string of the molecule is COC1[C@@H](Sc2cc(Cl)cnc2-c2ccncc2)OC2COC(c3ccccc3)O[C@@H]2[C@@H]1N=[N+]=[N-]. The molecule has 2 aliphatic heterocycles. The Hall–Kier alpha value is -2.69. The van der Waals surface area contributed by atoms with Crippen molar-refractivity contribution in [3.8, 4) is 11.3 Å². The number of methoxy groups -OCH3 is 1. The average molecular weight is 512 g/mol. The van der Waals surface area contributed by atoms with Crippen LogP contribution in [0.25, 0.3) is 21.7 Å². The number of benzene rings is 1. The van der Waals surface area contributed by atoms with Crippen LogP contribution in [0.15, 0.2) is 77.1 Å². The van der Waals surface area contributed by atoms with Crippen molar-refractivity contribution in [1.82, 2.24) is 9.97 Å². The van der Waals surface area contributed by atoms with Crippen molar-refractivity contribution in [2.75, 3.05) is 13.7 Å². The maximum absolute atomic E-state index is 9.35. The molecule has 2 aliphatic rings. The summed E-state index contributed by atoms with van der Waals surface area (Å²) < 4.78 is 24.4. The summed E-state index contributed by atoms with van der Waals surface area (Å²) in [5.74, 6) is 0. The van der Waals surface area contributed by atoms with E-state index in [0.717, 1.165) is 21.7 Å². The fourth-order valence-corrected chi connectivity index (χ4v) is 5.80. The van der Waals surface area contributed by atoms with E-state index in [0.29, 0.717) is 5.02 Å². The van der Waals surface area contributed by atoms with Gasteiger partial charge in [-0.25, -0.2) is 0 Å². The third kappa shape index (κ3) is 5.14. The predicted molar refractivity (Wildman–Crippen MR) is 131 cm³/mol. The number of fused-ring (bicyclic) bond motifs is 1. The third-order valence-corrected chi connectivity index (χ3v) is 7.24. The molecule has 0 aliphatic carbocycles. The number of hydrogen-bond donors (Lipinski definition) is 0. The second-order valence-electron chi connectivity index (χ2n) is 7.97. The van der Waals surface area contributed by atoms with Crippen molar-refractivity contribution in [3.05, 3.63) is 88.2 Å². The Morgan fingerprint density at radius 1 is 1.17 bits per heavy atom. The van der Waals surface area contributed by atoms with Gasteiger partial charge >= 0.3 is 0 Å². The summed E-state index contributed by atoms with van der Waals surface area (Å²) in [4.78, 5) is 12.5. The van der Waals surface area contributed by atoms with Gasteiger partial charge < -0.3 is 18.9 Å². The number of halogens is 1. The van der Waals surface area contributed by atoms with Crippen LogP contribution >= 0.6 is 23.4 Å². The van der Waals surface area contributed by atoms with E-state index in [1.807, 2.05) is 48.5 Å². The predicted octanol–water partition coefficient (Wildman–Crippen LogP) is 5.42. The zero-order valence-electron chi connectivity index (χ0n) is 18.7. The van der Waals surface area contributed by atoms with Crippen molar-refractivity contribution in [1.29, 1.82) is 0 Å². The number of rotatable bonds is 6. The van der Waals surface area contributed by atoms with E-state index in [1.165, 1.54) is 11.8 Å². The standard InChI is InChI=1S/C24H22ClN5O4S/c1-31-22-20(29-30-26)21-17(13-32-23(34-21)15-5-3-2-4-6-15)33-24(22)35-18-11-16(25)12-28-19(18)14-7-9-27-10-8-14/h2-12,17,20-24H,13H2,1H3/t17?,20-,21-,22?,23?,24+/m0/s1. The van der Waals surface area contributed by atoms with Crippen molar-refractivity contribution >= 4 is 23.4 Å². The summed E-state index contributed by atoms with van der Waals surface area (Å²) in [5.41, 5.74) is 11.3. The lowest BCUT2D eigenvalue weighted by atomic mass is 9.96. The van der Waals surface area contributed by atoms with E-state index in [2.05, 4.69) is 20.0 Å². The van der Waals surface area contributed by atoms with Gasteiger partial charge in [0.2, 0.25) is 0 Å². The van der Waals surface area contributed by atoms with Crippen molar-refractivity contribution < 1.29 is 18.9 Å². The van der Waals surface area contributed by atoms with Crippen LogP contribution in [0.4, 0.5) is 0 Å². The monoisotopic (exact) mass is 511 g/mol. The molecule has 35 heavy (non-hydrogen) atoms. The van der Waals surface area contributed by atoms with E-state index < -0.39 is 36.1 Å². The summed E-state index contributed by atoms with van der Waals surface area (Å²) in [6.45, 7) is 0.278. The van der Waals surface area contributed by atoms with E-state index in [4.69, 9.17) is 30.5 Å². The molecular weight excluding hydrogens is 490 g/mol. The van der Waals surface area contributed by atoms with Gasteiger partial charge in [0.1, 0.15) is 23.7 Å². The van der Waals surface area contributed by atoms with E-state index in [1.54, 1.807) is 25.7 Å². The number of thioether (sulfide) groups is 1. The molecule has 6 atom stereocenters. The molecule has 2 aromatic heterocycles. The summed E-state index contributed by atoms with van der Waals surface area (Å²) in [6, 6.07) is 14.6. The molecule has 5 rings (SSSR count). The van der Waals surface area contributed by atoms with Crippen LogP contribution in [0.2, 0.25) is 5.02 Å². The van der Waals surface area contributed by atoms with Crippen LogP contribution in [-0.2, 0) is 18.9 Å². The third-order valence-electron chi connectivity index (χ3n) is 5.85. The number of aromatic nitrogens is 2. The highest BCUT2D eigenvalue weighted by molar-refractivity contribution is 8.00. The van der Waals surface area contributed by atoms with Gasteiger partial charge in [0.15, 0.2) is 6.29 Å². The highest BCUT2D eigenvalue weighted by Gasteiger charge is 2.50. The van der Waals surface area contributed by atoms with E-state index in [9.17, 15) is 5.53 Å². The minimum atomic E-state index is -0.632. The largest absolute Gasteiger partial charge is 0.377 e. The zero-order valence-corrected chi connectivity index (χ0v) is 20.2. The maximum atomic E-state index is 9.35. The van der Waals surface area contributed by atoms with Crippen molar-refractivity contribution in [3.63, 3.8) is 0 Å². The first-order valence-electron chi connectivity index (χ1n) is 10.9. The maximum Gasteiger partial charge on any atom is 0.184 e. The molecule has 0 bridgehead atoms. The van der Waals surface area contributed by atoms with Crippen molar-refractivity contribution in [2.24, 2.45) is 5.11 Å². The fraction of sp³-hybridized carbons (Fsp3) is 0.333. The summed E-state index contributed by atoms with van der Waals surface area (Å²) in [6.07, 6.45) is 2.84. The Morgan fingerprint density at radius 3 is 2.71 bits per heavy atom. The molecule has 0 spiro atoms. The van der Waals surface area contributed by atoms with Crippen molar-refractivity contribution in [2.45, 2.75) is 41.0 Å². The highest BCUT2D eigenvalue weighted by Crippen LogP contribution is 2.43. The van der Waals surface area contributed by atoms with Crippen LogP contribution in [0.3, 0.4) is 0 Å². The summed E-state index contributed by atoms with van der Waals surface area (Å²) in [7, 11) is 1.57. The first kappa shape index (κ1) is 24.0. The molecule has 0 N–H and O–H groups in total. The number of hydrogen-bond acceptors (Lipinski definition) is 8. The molecule has 180 valence electrons. The van der Waals surface area contributed by atoms with Crippen LogP contribution in [0, 0.1) is 0 Å². The molecular formula is C24H22ClN5O4S. The number of pyridine rings is 2. The quantitative estimate of drug-likeness (QED) is 0.246. The van der Waals surface area contributed by atoms with E-state index in [-0.39, 0.29) is 6.61 Å². The van der Waals surface area contributed by atoms with Gasteiger partial charge in [-0.05, 0) is 23.7 Å². The molecule has 3 unspecified atom stereocenters. The van der Waals surface area contributed by atoms with E-state index >= 15 is 0 Å². The normalized spacial score (nSPS) is 28.1. The van der Waals surface area contributed by atoms with Crippen LogP contribution < -0.4 is 0 Å². The minimum Gasteiger partial charge on any atom is -0.377 e. The fourth-order valence-electron chi connectivity index (χ4n) is 4.25. The minimum absolute atomic E-state index is 0.278. The molecule has 2 saturated heterocycles. The lowest BCUT2D eigenvalue weighted by Gasteiger charge is -2.47. The Morgan fingerprint density at radius 2 is 1.97 bits per heavy atom. The molecule has 9 nitrogen and oxygen atoms in total. The average Bonchev–Trinajstić information content (AvgIpc) is 2.90. The Kier molecular flexibility index (Phi) is 7.50. The molecule has 0 radical (unpaired) electrons. The molecule has 0 amide bonds. The Balaban J connectivity index is 1.44. The lowest BCUT2D eigenvalue weighted by molar-refractivity contribution is -0.298. The second kappa shape index (κ2) is 10.9. The summed E-state index contributed by atoms with van der Waals surface area (Å²) >= 11 is 7.70. The molecule has 3 aromatic rings. The molecule has 0 saturated carbocycles. The van der Waals surface area contributed by atoms with Gasteiger partial charge in [0.25, 0.3) is 0 Å². The first-order valence-corrected chi connectivity index (χ1v) is 12.2. The van der Waals surface area contributed by atoms with Gasteiger partial charge in [0.05, 0.1) is 23.4 Å². The number of nitrogens with zero attached hydrogens (tertiary/aromatic N) is 5. The second-order valence-corrected chi connectivity index (χ2v) is 9.55. The lowest BCUT2D eigenvalue weighted by Crippen LogP contribution is -2.60. The van der Waals surface area contributed by atoms with Gasteiger partial charge in [-0.2, -0.15) is 0 Å². The number of azide groups is 1. The van der Waals surface area contributed by atoms with Crippen LogP contribution in [-0.4, -0.2) is 53.5 Å². The Bertz CT molecular complexity index is 1200. The first-order chi connectivity index (χ1) is 17.2. The Labute approximate surface area is 211 Å². The molecule has 11 heteroatoms. The smallest absolute Gasteiger partial charge is 0.184 e. The molecule has 4 heterocycles. The molecule has 2 fully saturated rings. The van der Waals surface area contributed by atoms with Gasteiger partial charge in [-0.1, -0.05) is 58.8 Å². The van der Waals surface area contributed by atoms with Gasteiger partial charge in [-0.15, -0.1) is 0 Å². The van der Waals surface area contributed by atoms with Crippen LogP contribution in [0.1, 0.15) is 11.9 Å². The highest BCUT2D eigenvalue weighted by atomic mass is 35.5. The number of ether oxygens (including phenoxy) is 4.